The van der Waals surface area contributed by atoms with E-state index in [0.717, 1.165) is 30.0 Å². The second-order valence-electron chi connectivity index (χ2n) is 5.24. The van der Waals surface area contributed by atoms with Crippen molar-refractivity contribution in [3.8, 4) is 0 Å². The Kier molecular flexibility index (Phi) is 6.85. The molecular formula is C16H25N3O3. The average Bonchev–Trinajstić information content (AvgIpc) is 2.48. The summed E-state index contributed by atoms with van der Waals surface area (Å²) in [5, 5.41) is 12.0. The Morgan fingerprint density at radius 3 is 2.50 bits per heavy atom. The van der Waals surface area contributed by atoms with Gasteiger partial charge in [0.2, 0.25) is 0 Å². The molecule has 1 aromatic carbocycles. The maximum atomic E-state index is 10.9. The lowest BCUT2D eigenvalue weighted by Crippen LogP contribution is -2.42. The number of benzene rings is 1. The first kappa shape index (κ1) is 18.0. The van der Waals surface area contributed by atoms with Gasteiger partial charge in [0.15, 0.2) is 0 Å². The van der Waals surface area contributed by atoms with Gasteiger partial charge >= 0.3 is 5.97 Å². The zero-order chi connectivity index (χ0) is 16.7. The molecule has 0 spiro atoms. The number of rotatable bonds is 9. The Morgan fingerprint density at radius 2 is 2.05 bits per heavy atom. The third-order valence-corrected chi connectivity index (χ3v) is 3.67. The number of nitrogens with one attached hydrogen (secondary N) is 1. The van der Waals surface area contributed by atoms with Crippen molar-refractivity contribution in [1.29, 1.82) is 0 Å². The van der Waals surface area contributed by atoms with Crippen LogP contribution in [0.15, 0.2) is 18.2 Å². The van der Waals surface area contributed by atoms with Crippen LogP contribution in [-0.4, -0.2) is 42.5 Å². The van der Waals surface area contributed by atoms with Gasteiger partial charge < -0.3 is 25.9 Å². The van der Waals surface area contributed by atoms with Crippen LogP contribution in [0.1, 0.15) is 25.8 Å². The van der Waals surface area contributed by atoms with Gasteiger partial charge in [0.1, 0.15) is 6.29 Å². The molecule has 0 saturated carbocycles. The molecule has 0 saturated heterocycles. The molecule has 22 heavy (non-hydrogen) atoms. The SMILES string of the molecule is CCN(CC)c1ccc(NC(CC(=O)O)[C@H](N)C=O)cc1C. The molecule has 0 radical (unpaired) electrons. The summed E-state index contributed by atoms with van der Waals surface area (Å²) in [4.78, 5) is 24.0. The summed E-state index contributed by atoms with van der Waals surface area (Å²) in [6.45, 7) is 8.04. The zero-order valence-corrected chi connectivity index (χ0v) is 13.4. The largest absolute Gasteiger partial charge is 0.481 e. The second kappa shape index (κ2) is 8.38. The van der Waals surface area contributed by atoms with Crippen LogP contribution in [-0.2, 0) is 9.59 Å². The van der Waals surface area contributed by atoms with Crippen LogP contribution < -0.4 is 16.0 Å². The Balaban J connectivity index is 2.94. The molecule has 4 N–H and O–H groups in total. The van der Waals surface area contributed by atoms with Gasteiger partial charge in [-0.25, -0.2) is 0 Å². The van der Waals surface area contributed by atoms with Crippen molar-refractivity contribution in [3.63, 3.8) is 0 Å². The first-order chi connectivity index (χ1) is 10.4. The minimum Gasteiger partial charge on any atom is -0.481 e. The Hall–Kier alpha value is -2.08. The van der Waals surface area contributed by atoms with Gasteiger partial charge in [0, 0.05) is 24.5 Å². The number of carboxylic acids is 1. The lowest BCUT2D eigenvalue weighted by atomic mass is 10.1. The molecule has 1 rings (SSSR count). The van der Waals surface area contributed by atoms with E-state index in [-0.39, 0.29) is 6.42 Å². The van der Waals surface area contributed by atoms with Gasteiger partial charge in [0.05, 0.1) is 18.5 Å². The highest BCUT2D eigenvalue weighted by Crippen LogP contribution is 2.24. The van der Waals surface area contributed by atoms with Crippen LogP contribution in [0.5, 0.6) is 0 Å². The molecule has 0 heterocycles. The van der Waals surface area contributed by atoms with Crippen molar-refractivity contribution in [2.75, 3.05) is 23.3 Å². The molecule has 0 aromatic heterocycles. The van der Waals surface area contributed by atoms with E-state index >= 15 is 0 Å². The topological polar surface area (TPSA) is 95.7 Å². The van der Waals surface area contributed by atoms with Crippen LogP contribution in [0.4, 0.5) is 11.4 Å². The summed E-state index contributed by atoms with van der Waals surface area (Å²) in [6.07, 6.45) is 0.356. The molecule has 0 aliphatic heterocycles. The number of anilines is 2. The minimum absolute atomic E-state index is 0.212. The minimum atomic E-state index is -0.994. The van der Waals surface area contributed by atoms with E-state index in [4.69, 9.17) is 10.8 Å². The summed E-state index contributed by atoms with van der Waals surface area (Å²) in [5.41, 5.74) is 8.66. The predicted octanol–water partition coefficient (Wildman–Crippen LogP) is 1.62. The van der Waals surface area contributed by atoms with Gasteiger partial charge in [-0.3, -0.25) is 4.79 Å². The number of carboxylic acid groups (broad SMARTS) is 1. The molecular weight excluding hydrogens is 282 g/mol. The predicted molar refractivity (Wildman–Crippen MR) is 88.4 cm³/mol. The van der Waals surface area contributed by atoms with E-state index in [1.165, 1.54) is 0 Å². The monoisotopic (exact) mass is 307 g/mol. The number of carbonyl (C=O) groups is 2. The summed E-state index contributed by atoms with van der Waals surface area (Å²) >= 11 is 0. The first-order valence-electron chi connectivity index (χ1n) is 7.47. The molecule has 0 aliphatic carbocycles. The van der Waals surface area contributed by atoms with Gasteiger partial charge in [-0.2, -0.15) is 0 Å². The number of aryl methyl sites for hydroxylation is 1. The number of aliphatic carboxylic acids is 1. The third kappa shape index (κ3) is 4.73. The number of carbonyl (C=O) groups excluding carboxylic acids is 1. The van der Waals surface area contributed by atoms with E-state index in [1.54, 1.807) is 0 Å². The van der Waals surface area contributed by atoms with Crippen molar-refractivity contribution in [3.05, 3.63) is 23.8 Å². The fraction of sp³-hybridized carbons (Fsp3) is 0.500. The van der Waals surface area contributed by atoms with Crippen LogP contribution >= 0.6 is 0 Å². The Morgan fingerprint density at radius 1 is 1.41 bits per heavy atom. The molecule has 1 aromatic rings. The normalized spacial score (nSPS) is 13.3. The number of hydrogen-bond donors (Lipinski definition) is 3. The second-order valence-corrected chi connectivity index (χ2v) is 5.24. The van der Waals surface area contributed by atoms with E-state index in [2.05, 4.69) is 24.1 Å². The van der Waals surface area contributed by atoms with E-state index in [0.29, 0.717) is 6.29 Å². The molecule has 0 fully saturated rings. The average molecular weight is 307 g/mol. The summed E-state index contributed by atoms with van der Waals surface area (Å²) in [6, 6.07) is 4.33. The van der Waals surface area contributed by atoms with Crippen molar-refractivity contribution >= 4 is 23.6 Å². The van der Waals surface area contributed by atoms with Crippen molar-refractivity contribution in [2.24, 2.45) is 5.73 Å². The Labute approximate surface area is 131 Å². The molecule has 2 atom stereocenters. The van der Waals surface area contributed by atoms with Crippen LogP contribution in [0.2, 0.25) is 0 Å². The lowest BCUT2D eigenvalue weighted by molar-refractivity contribution is -0.137. The fourth-order valence-corrected chi connectivity index (χ4v) is 2.44. The quantitative estimate of drug-likeness (QED) is 0.600. The van der Waals surface area contributed by atoms with Crippen molar-refractivity contribution in [1.82, 2.24) is 0 Å². The molecule has 0 amide bonds. The molecule has 6 heteroatoms. The van der Waals surface area contributed by atoms with Gasteiger partial charge in [-0.15, -0.1) is 0 Å². The maximum absolute atomic E-state index is 10.9. The van der Waals surface area contributed by atoms with Crippen LogP contribution in [0.25, 0.3) is 0 Å². The van der Waals surface area contributed by atoms with E-state index in [1.807, 2.05) is 25.1 Å². The third-order valence-electron chi connectivity index (χ3n) is 3.67. The lowest BCUT2D eigenvalue weighted by Gasteiger charge is -2.25. The highest BCUT2D eigenvalue weighted by atomic mass is 16.4. The van der Waals surface area contributed by atoms with Crippen LogP contribution in [0.3, 0.4) is 0 Å². The highest BCUT2D eigenvalue weighted by Gasteiger charge is 2.20. The molecule has 122 valence electrons. The van der Waals surface area contributed by atoms with Crippen molar-refractivity contribution < 1.29 is 14.7 Å². The summed E-state index contributed by atoms with van der Waals surface area (Å²) < 4.78 is 0. The number of aldehydes is 1. The molecule has 0 aliphatic rings. The van der Waals surface area contributed by atoms with Gasteiger partial charge in [-0.1, -0.05) is 0 Å². The zero-order valence-electron chi connectivity index (χ0n) is 13.4. The number of nitrogens with two attached hydrogens (primary N) is 1. The van der Waals surface area contributed by atoms with Crippen molar-refractivity contribution in [2.45, 2.75) is 39.3 Å². The summed E-state index contributed by atoms with van der Waals surface area (Å²) in [7, 11) is 0. The fourth-order valence-electron chi connectivity index (χ4n) is 2.44. The first-order valence-corrected chi connectivity index (χ1v) is 7.47. The van der Waals surface area contributed by atoms with Crippen LogP contribution in [0, 0.1) is 6.92 Å². The van der Waals surface area contributed by atoms with E-state index < -0.39 is 18.1 Å². The number of hydrogen-bond acceptors (Lipinski definition) is 5. The maximum Gasteiger partial charge on any atom is 0.305 e. The smallest absolute Gasteiger partial charge is 0.305 e. The Bertz CT molecular complexity index is 515. The highest BCUT2D eigenvalue weighted by molar-refractivity contribution is 5.71. The molecule has 6 nitrogen and oxygen atoms in total. The molecule has 1 unspecified atom stereocenters. The van der Waals surface area contributed by atoms with Gasteiger partial charge in [-0.05, 0) is 44.5 Å². The number of nitrogens with zero attached hydrogens (tertiary/aromatic N) is 1. The standard InChI is InChI=1S/C16H25N3O3/c1-4-19(5-2)15-7-6-12(8-11(15)3)18-14(9-16(21)22)13(17)10-20/h6-8,10,13-14,18H,4-5,9,17H2,1-3H3,(H,21,22)/t13-,14?/m1/s1. The van der Waals surface area contributed by atoms with E-state index in [9.17, 15) is 9.59 Å². The van der Waals surface area contributed by atoms with Gasteiger partial charge in [0.25, 0.3) is 0 Å². The summed E-state index contributed by atoms with van der Waals surface area (Å²) in [5.74, 6) is -0.994. The molecule has 0 bridgehead atoms.